The third-order valence-corrected chi connectivity index (χ3v) is 0. The molecule has 0 aliphatic rings. The fourth-order valence-corrected chi connectivity index (χ4v) is 0. The van der Waals surface area contributed by atoms with Crippen molar-refractivity contribution in [2.24, 2.45) is 0 Å². The van der Waals surface area contributed by atoms with Crippen LogP contribution in [0.1, 0.15) is 0 Å². The van der Waals surface area contributed by atoms with Crippen LogP contribution in [0.25, 0.3) is 0 Å². The first kappa shape index (κ1) is 15.7. The van der Waals surface area contributed by atoms with Gasteiger partial charge in [-0.3, -0.25) is 4.57 Å². The summed E-state index contributed by atoms with van der Waals surface area (Å²) in [5, 5.41) is 0. The van der Waals surface area contributed by atoms with E-state index in [1.807, 2.05) is 0 Å². The molecule has 0 bridgehead atoms. The van der Waals surface area contributed by atoms with Crippen molar-refractivity contribution in [2.75, 3.05) is 0 Å². The van der Waals surface area contributed by atoms with E-state index in [1.54, 1.807) is 0 Å². The van der Waals surface area contributed by atoms with E-state index in [9.17, 15) is 0 Å². The Bertz CT molecular complexity index is 33.8. The topological polar surface area (TPSA) is 57.5 Å². The molecule has 40 valence electrons. The summed E-state index contributed by atoms with van der Waals surface area (Å²) in [5.74, 6) is 0. The zero-order valence-corrected chi connectivity index (χ0v) is 13.8. The molecule has 0 saturated carbocycles. The SMILES string of the molecule is O=[PH](O)O.[PbH2].[SbH3]. The Morgan fingerprint density at radius 1 is 1.33 bits per heavy atom. The molecule has 0 unspecified atom stereocenters. The van der Waals surface area contributed by atoms with Crippen molar-refractivity contribution in [1.82, 2.24) is 0 Å². The van der Waals surface area contributed by atoms with Gasteiger partial charge in [0.2, 0.25) is 0 Å². The molecule has 2 N–H and O–H groups in total. The first-order chi connectivity index (χ1) is 1.73. The summed E-state index contributed by atoms with van der Waals surface area (Å²) in [5.41, 5.74) is 0. The van der Waals surface area contributed by atoms with Gasteiger partial charge in [-0.1, -0.05) is 0 Å². The molecule has 0 saturated heterocycles. The maximum atomic E-state index is 8.74. The Morgan fingerprint density at radius 3 is 1.33 bits per heavy atom. The molecule has 0 aliphatic heterocycles. The van der Waals surface area contributed by atoms with Gasteiger partial charge in [-0.25, -0.2) is 0 Å². The fraction of sp³-hybridized carbons (Fsp3) is 0. The van der Waals surface area contributed by atoms with E-state index in [0.717, 1.165) is 0 Å². The van der Waals surface area contributed by atoms with Gasteiger partial charge in [0.25, 0.3) is 0 Å². The molecule has 0 amide bonds. The summed E-state index contributed by atoms with van der Waals surface area (Å²) in [6, 6.07) is 0. The summed E-state index contributed by atoms with van der Waals surface area (Å²) in [7, 11) is -3.13. The first-order valence-corrected chi connectivity index (χ1v) is 1.95. The van der Waals surface area contributed by atoms with Crippen molar-refractivity contribution in [3.63, 3.8) is 0 Å². The minimum absolute atomic E-state index is 0. The van der Waals surface area contributed by atoms with Crippen LogP contribution in [0.15, 0.2) is 0 Å². The van der Waals surface area contributed by atoms with Gasteiger partial charge in [-0.05, 0) is 0 Å². The van der Waals surface area contributed by atoms with E-state index in [1.165, 1.54) is 0 Å². The number of hydrogen-bond acceptors (Lipinski definition) is 1. The van der Waals surface area contributed by atoms with E-state index < -0.39 is 8.25 Å². The quantitative estimate of drug-likeness (QED) is 0.333. The van der Waals surface area contributed by atoms with E-state index >= 15 is 0 Å². The molecule has 0 aromatic heterocycles. The second kappa shape index (κ2) is 10.00. The van der Waals surface area contributed by atoms with E-state index in [2.05, 4.69) is 0 Å². The van der Waals surface area contributed by atoms with Crippen LogP contribution in [0.2, 0.25) is 0 Å². The maximum absolute atomic E-state index is 8.74. The van der Waals surface area contributed by atoms with Crippen LogP contribution < -0.4 is 0 Å². The Morgan fingerprint density at radius 2 is 1.33 bits per heavy atom. The molecule has 2 radical (unpaired) electrons. The van der Waals surface area contributed by atoms with E-state index in [-0.39, 0.29) is 51.7 Å². The van der Waals surface area contributed by atoms with Crippen molar-refractivity contribution < 1.29 is 14.4 Å². The summed E-state index contributed by atoms with van der Waals surface area (Å²) in [4.78, 5) is 14.3. The molecule has 0 spiro atoms. The minimum atomic E-state index is -3.13. The second-order valence-electron chi connectivity index (χ2n) is 0.283. The fourth-order valence-electron chi connectivity index (χ4n) is 0. The standard InChI is InChI=1S/H3O3P.Pb.Sb.5H/c1-4(2)3;;;;;;;/h4H,(H2,1,2,3);;;;;;;. The molecule has 3 nitrogen and oxygen atoms in total. The number of rotatable bonds is 0. The van der Waals surface area contributed by atoms with Crippen LogP contribution in [-0.4, -0.2) is 61.5 Å². The molecule has 0 aromatic carbocycles. The zero-order chi connectivity index (χ0) is 3.58. The monoisotopic (exact) mass is 416 g/mol. The van der Waals surface area contributed by atoms with Crippen molar-refractivity contribution >= 4 is 60.0 Å². The van der Waals surface area contributed by atoms with Gasteiger partial charge in [0.15, 0.2) is 0 Å². The predicted molar refractivity (Wildman–Crippen MR) is 31.9 cm³/mol. The Labute approximate surface area is 73.7 Å². The third kappa shape index (κ3) is 39.4. The van der Waals surface area contributed by atoms with Gasteiger partial charge in [-0.2, -0.15) is 0 Å². The molecule has 6 heteroatoms. The molecular formula is H8O3PPbSb. The van der Waals surface area contributed by atoms with Crippen molar-refractivity contribution in [2.45, 2.75) is 0 Å². The number of hydrogen-bond donors (Lipinski definition) is 2. The van der Waals surface area contributed by atoms with Crippen LogP contribution in [0.5, 0.6) is 0 Å². The Balaban J connectivity index is -0.0000000450. The Hall–Kier alpha value is 1.89. The summed E-state index contributed by atoms with van der Waals surface area (Å²) < 4.78 is 8.74. The molecule has 0 heterocycles. The van der Waals surface area contributed by atoms with Gasteiger partial charge in [0.1, 0.15) is 0 Å². The summed E-state index contributed by atoms with van der Waals surface area (Å²) in [6.45, 7) is 0. The summed E-state index contributed by atoms with van der Waals surface area (Å²) in [6.07, 6.45) is 0. The molecule has 0 aromatic rings. The molecule has 0 aliphatic carbocycles. The van der Waals surface area contributed by atoms with Gasteiger partial charge in [0.05, 0.1) is 0 Å². The van der Waals surface area contributed by atoms with Crippen LogP contribution in [-0.2, 0) is 4.57 Å². The Kier molecular flexibility index (Phi) is 26.1. The molecule has 0 rings (SSSR count). The van der Waals surface area contributed by atoms with Crippen molar-refractivity contribution in [3.8, 4) is 0 Å². The zero-order valence-electron chi connectivity index (χ0n) is 3.22. The average molecular weight is 416 g/mol. The summed E-state index contributed by atoms with van der Waals surface area (Å²) >= 11 is 0. The predicted octanol–water partition coefficient (Wildman–Crippen LogP) is -2.74. The van der Waals surface area contributed by atoms with Crippen molar-refractivity contribution in [1.29, 1.82) is 0 Å². The van der Waals surface area contributed by atoms with Crippen LogP contribution in [0, 0.1) is 0 Å². The van der Waals surface area contributed by atoms with Crippen molar-refractivity contribution in [3.05, 3.63) is 0 Å². The van der Waals surface area contributed by atoms with Gasteiger partial charge in [-0.15, -0.1) is 0 Å². The van der Waals surface area contributed by atoms with Gasteiger partial charge < -0.3 is 9.79 Å². The molecular weight excluding hydrogens is 408 g/mol. The average Bonchev–Trinajstić information content (AvgIpc) is 0.811. The van der Waals surface area contributed by atoms with E-state index in [0.29, 0.717) is 0 Å². The normalized spacial score (nSPS) is 5.83. The van der Waals surface area contributed by atoms with E-state index in [4.69, 9.17) is 14.4 Å². The molecule has 0 atom stereocenters. The molecule has 6 heavy (non-hydrogen) atoms. The van der Waals surface area contributed by atoms with Crippen LogP contribution >= 0.6 is 8.25 Å². The second-order valence-corrected chi connectivity index (χ2v) is 0.848. The third-order valence-electron chi connectivity index (χ3n) is 0. The van der Waals surface area contributed by atoms with Gasteiger partial charge in [0, 0.05) is 0 Å². The van der Waals surface area contributed by atoms with Crippen LogP contribution in [0.4, 0.5) is 0 Å². The molecule has 0 fully saturated rings. The van der Waals surface area contributed by atoms with Crippen LogP contribution in [0.3, 0.4) is 0 Å². The first-order valence-electron chi connectivity index (χ1n) is 0.651. The van der Waals surface area contributed by atoms with Gasteiger partial charge >= 0.3 is 60.0 Å².